The molecule has 16 heavy (non-hydrogen) atoms. The molecule has 4 nitrogen and oxygen atoms in total. The van der Waals surface area contributed by atoms with Crippen molar-refractivity contribution in [2.24, 2.45) is 11.5 Å². The molecule has 0 saturated carbocycles. The monoisotopic (exact) mass is 318 g/mol. The highest BCUT2D eigenvalue weighted by atomic mass is 35.5. The SMILES string of the molecule is Cl.Cl.Cl.Cl.NCCNCCCCNCCN. The summed E-state index contributed by atoms with van der Waals surface area (Å²) in [6, 6.07) is 0. The van der Waals surface area contributed by atoms with Crippen LogP contribution in [0, 0.1) is 0 Å². The zero-order valence-corrected chi connectivity index (χ0v) is 12.7. The molecule has 0 bridgehead atoms. The third-order valence-corrected chi connectivity index (χ3v) is 1.60. The van der Waals surface area contributed by atoms with Crippen LogP contribution in [-0.2, 0) is 0 Å². The largest absolute Gasteiger partial charge is 0.329 e. The number of hydrogen-bond donors (Lipinski definition) is 4. The van der Waals surface area contributed by atoms with Gasteiger partial charge >= 0.3 is 0 Å². The van der Waals surface area contributed by atoms with Gasteiger partial charge in [-0.1, -0.05) is 0 Å². The van der Waals surface area contributed by atoms with Gasteiger partial charge in [-0.2, -0.15) is 0 Å². The van der Waals surface area contributed by atoms with Gasteiger partial charge in [-0.3, -0.25) is 0 Å². The summed E-state index contributed by atoms with van der Waals surface area (Å²) in [5, 5.41) is 6.50. The zero-order valence-electron chi connectivity index (χ0n) is 9.44. The number of halogens is 4. The number of nitrogens with one attached hydrogen (secondary N) is 2. The lowest BCUT2D eigenvalue weighted by molar-refractivity contribution is 0.588. The smallest absolute Gasteiger partial charge is 0.00745 e. The van der Waals surface area contributed by atoms with Crippen molar-refractivity contribution in [1.82, 2.24) is 10.6 Å². The summed E-state index contributed by atoms with van der Waals surface area (Å²) in [5.41, 5.74) is 10.6. The molecule has 0 radical (unpaired) electrons. The summed E-state index contributed by atoms with van der Waals surface area (Å²) in [5.74, 6) is 0. The predicted octanol–water partition coefficient (Wildman–Crippen LogP) is 0.550. The summed E-state index contributed by atoms with van der Waals surface area (Å²) in [4.78, 5) is 0. The Bertz CT molecular complexity index is 80.4. The molecule has 0 aliphatic heterocycles. The summed E-state index contributed by atoms with van der Waals surface area (Å²) >= 11 is 0. The molecule has 8 heteroatoms. The zero-order chi connectivity index (χ0) is 9.07. The summed E-state index contributed by atoms with van der Waals surface area (Å²) in [6.07, 6.45) is 2.41. The van der Waals surface area contributed by atoms with E-state index in [9.17, 15) is 0 Å². The molecule has 0 aliphatic carbocycles. The van der Waals surface area contributed by atoms with E-state index < -0.39 is 0 Å². The number of hydrogen-bond acceptors (Lipinski definition) is 4. The van der Waals surface area contributed by atoms with Crippen molar-refractivity contribution in [3.05, 3.63) is 0 Å². The highest BCUT2D eigenvalue weighted by molar-refractivity contribution is 5.86. The van der Waals surface area contributed by atoms with Gasteiger partial charge in [0.15, 0.2) is 0 Å². The van der Waals surface area contributed by atoms with E-state index in [1.807, 2.05) is 0 Å². The Labute approximate surface area is 124 Å². The van der Waals surface area contributed by atoms with Crippen LogP contribution in [0.15, 0.2) is 0 Å². The first-order valence-electron chi connectivity index (χ1n) is 4.73. The maximum atomic E-state index is 5.32. The second-order valence-electron chi connectivity index (χ2n) is 2.78. The van der Waals surface area contributed by atoms with Gasteiger partial charge < -0.3 is 22.1 Å². The molecule has 0 amide bonds. The van der Waals surface area contributed by atoms with E-state index in [0.717, 1.165) is 39.3 Å². The number of unbranched alkanes of at least 4 members (excludes halogenated alkanes) is 1. The van der Waals surface area contributed by atoms with Gasteiger partial charge in [-0.25, -0.2) is 0 Å². The van der Waals surface area contributed by atoms with E-state index >= 15 is 0 Å². The van der Waals surface area contributed by atoms with E-state index in [1.165, 1.54) is 12.8 Å². The maximum Gasteiger partial charge on any atom is 0.00745 e. The molecule has 0 aromatic carbocycles. The van der Waals surface area contributed by atoms with Crippen LogP contribution in [0.5, 0.6) is 0 Å². The van der Waals surface area contributed by atoms with E-state index in [0.29, 0.717) is 0 Å². The van der Waals surface area contributed by atoms with Gasteiger partial charge in [0.1, 0.15) is 0 Å². The highest BCUT2D eigenvalue weighted by Crippen LogP contribution is 1.83. The average molecular weight is 320 g/mol. The molecule has 0 saturated heterocycles. The van der Waals surface area contributed by atoms with Gasteiger partial charge in [0.2, 0.25) is 0 Å². The molecule has 106 valence electrons. The van der Waals surface area contributed by atoms with Crippen LogP contribution in [-0.4, -0.2) is 39.3 Å². The van der Waals surface area contributed by atoms with Crippen molar-refractivity contribution in [2.75, 3.05) is 39.3 Å². The number of nitrogens with two attached hydrogens (primary N) is 2. The van der Waals surface area contributed by atoms with Crippen LogP contribution < -0.4 is 22.1 Å². The minimum atomic E-state index is 0. The molecule has 0 aromatic rings. The van der Waals surface area contributed by atoms with E-state index in [2.05, 4.69) is 10.6 Å². The topological polar surface area (TPSA) is 76.1 Å². The molecule has 0 fully saturated rings. The Balaban J connectivity index is -0.000000101. The lowest BCUT2D eigenvalue weighted by atomic mass is 10.3. The van der Waals surface area contributed by atoms with E-state index in [-0.39, 0.29) is 49.6 Å². The van der Waals surface area contributed by atoms with Gasteiger partial charge in [0, 0.05) is 26.2 Å². The van der Waals surface area contributed by atoms with Crippen LogP contribution in [0.25, 0.3) is 0 Å². The van der Waals surface area contributed by atoms with Crippen LogP contribution in [0.3, 0.4) is 0 Å². The Morgan fingerprint density at radius 1 is 0.562 bits per heavy atom. The van der Waals surface area contributed by atoms with Crippen molar-refractivity contribution >= 4 is 49.6 Å². The van der Waals surface area contributed by atoms with Gasteiger partial charge in [0.25, 0.3) is 0 Å². The molecule has 0 spiro atoms. The van der Waals surface area contributed by atoms with Gasteiger partial charge in [-0.05, 0) is 25.9 Å². The van der Waals surface area contributed by atoms with Crippen molar-refractivity contribution < 1.29 is 0 Å². The van der Waals surface area contributed by atoms with Crippen LogP contribution in [0.1, 0.15) is 12.8 Å². The Morgan fingerprint density at radius 3 is 1.12 bits per heavy atom. The first-order valence-corrected chi connectivity index (χ1v) is 4.73. The van der Waals surface area contributed by atoms with Crippen LogP contribution in [0.2, 0.25) is 0 Å². The first-order chi connectivity index (χ1) is 5.91. The average Bonchev–Trinajstić information content (AvgIpc) is 2.10. The Kier molecular flexibility index (Phi) is 56.2. The normalized spacial score (nSPS) is 7.88. The van der Waals surface area contributed by atoms with E-state index in [1.54, 1.807) is 0 Å². The Hall–Kier alpha value is 1.000. The molecule has 0 heterocycles. The Morgan fingerprint density at radius 2 is 0.875 bits per heavy atom. The van der Waals surface area contributed by atoms with Crippen molar-refractivity contribution in [1.29, 1.82) is 0 Å². The third kappa shape index (κ3) is 29.4. The minimum absolute atomic E-state index is 0. The summed E-state index contributed by atoms with van der Waals surface area (Å²) in [7, 11) is 0. The molecule has 0 aromatic heterocycles. The van der Waals surface area contributed by atoms with Crippen LogP contribution in [0.4, 0.5) is 0 Å². The lowest BCUT2D eigenvalue weighted by Crippen LogP contribution is -2.26. The van der Waals surface area contributed by atoms with Gasteiger partial charge in [-0.15, -0.1) is 49.6 Å². The summed E-state index contributed by atoms with van der Waals surface area (Å²) in [6.45, 7) is 5.45. The first kappa shape index (κ1) is 30.2. The lowest BCUT2D eigenvalue weighted by Gasteiger charge is -2.03. The fourth-order valence-electron chi connectivity index (χ4n) is 0.954. The van der Waals surface area contributed by atoms with Crippen LogP contribution >= 0.6 is 49.6 Å². The van der Waals surface area contributed by atoms with Crippen molar-refractivity contribution in [3.63, 3.8) is 0 Å². The molecule has 0 atom stereocenters. The molecule has 0 aliphatic rings. The molecule has 0 rings (SSSR count). The molecule has 0 unspecified atom stereocenters. The number of rotatable bonds is 9. The van der Waals surface area contributed by atoms with Crippen molar-refractivity contribution in [2.45, 2.75) is 12.8 Å². The minimum Gasteiger partial charge on any atom is -0.329 e. The standard InChI is InChI=1S/C8H22N4.4ClH/c9-3-7-11-5-1-2-6-12-8-4-10;;;;/h11-12H,1-10H2;4*1H. The maximum absolute atomic E-state index is 5.32. The molecule has 6 N–H and O–H groups in total. The van der Waals surface area contributed by atoms with Crippen molar-refractivity contribution in [3.8, 4) is 0 Å². The molecular formula is C8H26Cl4N4. The third-order valence-electron chi connectivity index (χ3n) is 1.60. The fourth-order valence-corrected chi connectivity index (χ4v) is 0.954. The van der Waals surface area contributed by atoms with Gasteiger partial charge in [0.05, 0.1) is 0 Å². The summed E-state index contributed by atoms with van der Waals surface area (Å²) < 4.78 is 0. The highest BCUT2D eigenvalue weighted by Gasteiger charge is 1.87. The quantitative estimate of drug-likeness (QED) is 0.468. The molecular weight excluding hydrogens is 294 g/mol. The predicted molar refractivity (Wildman–Crippen MR) is 82.1 cm³/mol. The van der Waals surface area contributed by atoms with E-state index in [4.69, 9.17) is 11.5 Å². The second-order valence-corrected chi connectivity index (χ2v) is 2.78. The second kappa shape index (κ2) is 29.8. The fraction of sp³-hybridized carbons (Fsp3) is 1.00.